The van der Waals surface area contributed by atoms with Crippen molar-refractivity contribution in [1.82, 2.24) is 0 Å². The van der Waals surface area contributed by atoms with Crippen LogP contribution < -0.4 is 5.32 Å². The van der Waals surface area contributed by atoms with Crippen molar-refractivity contribution in [2.45, 2.75) is 6.92 Å². The number of hydrogen-bond donors (Lipinski definition) is 2. The van der Waals surface area contributed by atoms with Gasteiger partial charge in [-0.3, -0.25) is 0 Å². The molecule has 0 heterocycles. The molecule has 0 aromatic heterocycles. The van der Waals surface area contributed by atoms with Crippen molar-refractivity contribution >= 4 is 11.7 Å². The summed E-state index contributed by atoms with van der Waals surface area (Å²) >= 11 is 0. The molecule has 0 aliphatic heterocycles. The third-order valence-electron chi connectivity index (χ3n) is 3.04. The fraction of sp³-hybridized carbons (Fsp3) is 0.118. The van der Waals surface area contributed by atoms with E-state index in [0.29, 0.717) is 12.1 Å². The molecule has 0 atom stereocenters. The molecule has 3 nitrogen and oxygen atoms in total. The lowest BCUT2D eigenvalue weighted by molar-refractivity contribution is -0.132. The number of carboxylic acids is 1. The van der Waals surface area contributed by atoms with Crippen molar-refractivity contribution in [3.05, 3.63) is 66.2 Å². The van der Waals surface area contributed by atoms with Gasteiger partial charge in [0.25, 0.3) is 0 Å². The molecule has 0 spiro atoms. The molecule has 0 fully saturated rings. The summed E-state index contributed by atoms with van der Waals surface area (Å²) < 4.78 is 0. The highest BCUT2D eigenvalue weighted by atomic mass is 16.4. The van der Waals surface area contributed by atoms with Gasteiger partial charge in [0.1, 0.15) is 0 Å². The molecule has 2 aromatic rings. The summed E-state index contributed by atoms with van der Waals surface area (Å²) in [6.07, 6.45) is 1.66. The number of nitrogens with one attached hydrogen (secondary N) is 1. The third-order valence-corrected chi connectivity index (χ3v) is 3.04. The predicted molar refractivity (Wildman–Crippen MR) is 81.8 cm³/mol. The van der Waals surface area contributed by atoms with Gasteiger partial charge >= 0.3 is 5.97 Å². The van der Waals surface area contributed by atoms with E-state index in [4.69, 9.17) is 5.11 Å². The molecule has 3 heteroatoms. The molecule has 0 amide bonds. The zero-order chi connectivity index (χ0) is 14.4. The summed E-state index contributed by atoms with van der Waals surface area (Å²) in [5.74, 6) is -0.883. The largest absolute Gasteiger partial charge is 0.478 e. The monoisotopic (exact) mass is 267 g/mol. The number of aliphatic carboxylic acids is 1. The van der Waals surface area contributed by atoms with Gasteiger partial charge < -0.3 is 10.4 Å². The molecule has 102 valence electrons. The smallest absolute Gasteiger partial charge is 0.331 e. The molecule has 0 saturated carbocycles. The molecule has 0 radical (unpaired) electrons. The molecule has 20 heavy (non-hydrogen) atoms. The van der Waals surface area contributed by atoms with Crippen molar-refractivity contribution in [3.8, 4) is 11.1 Å². The normalized spacial score (nSPS) is 11.2. The molecule has 0 saturated heterocycles. The number of rotatable bonds is 5. The predicted octanol–water partition coefficient (Wildman–Crippen LogP) is 3.80. The molecule has 2 rings (SSSR count). The summed E-state index contributed by atoms with van der Waals surface area (Å²) in [5.41, 5.74) is 3.66. The Morgan fingerprint density at radius 3 is 2.25 bits per heavy atom. The molecule has 0 unspecified atom stereocenters. The van der Waals surface area contributed by atoms with Gasteiger partial charge in [-0.25, -0.2) is 4.79 Å². The number of benzene rings is 2. The minimum Gasteiger partial charge on any atom is -0.478 e. The molecule has 2 aromatic carbocycles. The highest BCUT2D eigenvalue weighted by Crippen LogP contribution is 2.20. The zero-order valence-electron chi connectivity index (χ0n) is 11.3. The van der Waals surface area contributed by atoms with Crippen LogP contribution in [-0.4, -0.2) is 17.6 Å². The Morgan fingerprint density at radius 1 is 1.05 bits per heavy atom. The zero-order valence-corrected chi connectivity index (χ0v) is 11.3. The highest BCUT2D eigenvalue weighted by Gasteiger charge is 1.99. The van der Waals surface area contributed by atoms with E-state index >= 15 is 0 Å². The van der Waals surface area contributed by atoms with Gasteiger partial charge in [-0.1, -0.05) is 48.5 Å². The lowest BCUT2D eigenvalue weighted by atomic mass is 10.1. The first-order valence-corrected chi connectivity index (χ1v) is 6.46. The van der Waals surface area contributed by atoms with E-state index in [2.05, 4.69) is 17.4 Å². The molecule has 2 N–H and O–H groups in total. The van der Waals surface area contributed by atoms with E-state index in [0.717, 1.165) is 11.3 Å². The average Bonchev–Trinajstić information content (AvgIpc) is 2.48. The maximum atomic E-state index is 10.6. The third kappa shape index (κ3) is 3.72. The van der Waals surface area contributed by atoms with Crippen LogP contribution >= 0.6 is 0 Å². The molecule has 0 aliphatic rings. The van der Waals surface area contributed by atoms with Gasteiger partial charge in [-0.15, -0.1) is 0 Å². The van der Waals surface area contributed by atoms with Gasteiger partial charge in [0, 0.05) is 17.8 Å². The Balaban J connectivity index is 1.99. The van der Waals surface area contributed by atoms with Crippen LogP contribution in [0.3, 0.4) is 0 Å². The number of anilines is 1. The number of hydrogen-bond acceptors (Lipinski definition) is 2. The van der Waals surface area contributed by atoms with Crippen LogP contribution in [-0.2, 0) is 4.79 Å². The van der Waals surface area contributed by atoms with Crippen molar-refractivity contribution < 1.29 is 9.90 Å². The lowest BCUT2D eigenvalue weighted by Crippen LogP contribution is -2.02. The first-order chi connectivity index (χ1) is 9.66. The second-order valence-electron chi connectivity index (χ2n) is 4.52. The Kier molecular flexibility index (Phi) is 4.56. The van der Waals surface area contributed by atoms with E-state index in [1.54, 1.807) is 13.0 Å². The van der Waals surface area contributed by atoms with Crippen LogP contribution in [0.2, 0.25) is 0 Å². The van der Waals surface area contributed by atoms with Gasteiger partial charge in [0.05, 0.1) is 0 Å². The second kappa shape index (κ2) is 6.57. The first kappa shape index (κ1) is 13.9. The van der Waals surface area contributed by atoms with Crippen LogP contribution in [0.4, 0.5) is 5.69 Å². The molecular weight excluding hydrogens is 250 g/mol. The topological polar surface area (TPSA) is 49.3 Å². The lowest BCUT2D eigenvalue weighted by Gasteiger charge is -2.06. The first-order valence-electron chi connectivity index (χ1n) is 6.46. The summed E-state index contributed by atoms with van der Waals surface area (Å²) in [6, 6.07) is 18.2. The Bertz CT molecular complexity index is 601. The molecule has 0 aliphatic carbocycles. The van der Waals surface area contributed by atoms with E-state index in [9.17, 15) is 4.79 Å². The maximum Gasteiger partial charge on any atom is 0.331 e. The summed E-state index contributed by atoms with van der Waals surface area (Å²) in [4.78, 5) is 10.6. The van der Waals surface area contributed by atoms with Crippen molar-refractivity contribution in [2.75, 3.05) is 11.9 Å². The molecule has 0 bridgehead atoms. The Labute approximate surface area is 118 Å². The quantitative estimate of drug-likeness (QED) is 0.810. The summed E-state index contributed by atoms with van der Waals surface area (Å²) in [7, 11) is 0. The van der Waals surface area contributed by atoms with Gasteiger partial charge in [0.15, 0.2) is 0 Å². The maximum absolute atomic E-state index is 10.6. The Hall–Kier alpha value is -2.55. The van der Waals surface area contributed by atoms with Gasteiger partial charge in [-0.2, -0.15) is 0 Å². The average molecular weight is 267 g/mol. The van der Waals surface area contributed by atoms with E-state index < -0.39 is 5.97 Å². The van der Waals surface area contributed by atoms with Gasteiger partial charge in [-0.05, 0) is 30.2 Å². The van der Waals surface area contributed by atoms with Crippen molar-refractivity contribution in [3.63, 3.8) is 0 Å². The van der Waals surface area contributed by atoms with Crippen LogP contribution in [0.25, 0.3) is 11.1 Å². The van der Waals surface area contributed by atoms with Crippen LogP contribution in [0, 0.1) is 0 Å². The van der Waals surface area contributed by atoms with Crippen molar-refractivity contribution in [1.29, 1.82) is 0 Å². The number of carbonyl (C=O) groups is 1. The van der Waals surface area contributed by atoms with Crippen molar-refractivity contribution in [2.24, 2.45) is 0 Å². The minimum absolute atomic E-state index is 0.346. The van der Waals surface area contributed by atoms with E-state index in [-0.39, 0.29) is 0 Å². The molecular formula is C17H17NO2. The fourth-order valence-electron chi connectivity index (χ4n) is 1.82. The number of carboxylic acid groups (broad SMARTS) is 1. The van der Waals surface area contributed by atoms with E-state index in [1.165, 1.54) is 5.56 Å². The van der Waals surface area contributed by atoms with E-state index in [1.807, 2.05) is 42.5 Å². The summed E-state index contributed by atoms with van der Waals surface area (Å²) in [5, 5.41) is 11.9. The fourth-order valence-corrected chi connectivity index (χ4v) is 1.82. The standard InChI is InChI=1S/C17H17NO2/c1-13(17(19)20)11-12-18-16-9-7-15(8-10-16)14-5-3-2-4-6-14/h2-11,18H,12H2,1H3,(H,19,20)/b13-11-. The minimum atomic E-state index is -0.883. The van der Waals surface area contributed by atoms with Crippen LogP contribution in [0.5, 0.6) is 0 Å². The highest BCUT2D eigenvalue weighted by molar-refractivity contribution is 5.85. The Morgan fingerprint density at radius 2 is 1.65 bits per heavy atom. The van der Waals surface area contributed by atoms with Crippen LogP contribution in [0.1, 0.15) is 6.92 Å². The summed E-state index contributed by atoms with van der Waals surface area (Å²) in [6.45, 7) is 2.09. The van der Waals surface area contributed by atoms with Crippen LogP contribution in [0.15, 0.2) is 66.2 Å². The van der Waals surface area contributed by atoms with Gasteiger partial charge in [0.2, 0.25) is 0 Å². The second-order valence-corrected chi connectivity index (χ2v) is 4.52. The SMILES string of the molecule is C/C(=C/CNc1ccc(-c2ccccc2)cc1)C(=O)O.